The van der Waals surface area contributed by atoms with Gasteiger partial charge in [-0.2, -0.15) is 0 Å². The summed E-state index contributed by atoms with van der Waals surface area (Å²) in [5.74, 6) is 5.77. The van der Waals surface area contributed by atoms with E-state index in [2.05, 4.69) is 62.9 Å². The number of nitrogens with one attached hydrogen (secondary N) is 2. The molecular weight excluding hydrogens is 480 g/mol. The Morgan fingerprint density at radius 1 is 1.08 bits per heavy atom. The largest absolute Gasteiger partial charge is 0.502 e. The predicted molar refractivity (Wildman–Crippen MR) is 147 cm³/mol. The molecule has 1 unspecified atom stereocenters. The summed E-state index contributed by atoms with van der Waals surface area (Å²) in [5.41, 5.74) is 3.86. The molecular formula is C30H34N4O4. The fraction of sp³-hybridized carbons (Fsp3) is 0.333. The van der Waals surface area contributed by atoms with Crippen LogP contribution in [0.4, 0.5) is 0 Å². The van der Waals surface area contributed by atoms with Crippen molar-refractivity contribution in [3.63, 3.8) is 0 Å². The Bertz CT molecular complexity index is 1300. The van der Waals surface area contributed by atoms with Gasteiger partial charge in [0, 0.05) is 49.3 Å². The van der Waals surface area contributed by atoms with Crippen LogP contribution in [-0.4, -0.2) is 70.6 Å². The second kappa shape index (κ2) is 13.7. The maximum Gasteiger partial charge on any atom is 0.293 e. The van der Waals surface area contributed by atoms with Gasteiger partial charge < -0.3 is 25.3 Å². The number of aliphatic hydroxyl groups is 1. The molecule has 4 N–H and O–H groups in total. The van der Waals surface area contributed by atoms with Gasteiger partial charge in [0.15, 0.2) is 0 Å². The van der Waals surface area contributed by atoms with Crippen molar-refractivity contribution in [2.75, 3.05) is 39.5 Å². The molecule has 0 spiro atoms. The van der Waals surface area contributed by atoms with E-state index in [-0.39, 0.29) is 18.6 Å². The van der Waals surface area contributed by atoms with Gasteiger partial charge in [0.1, 0.15) is 0 Å². The molecule has 1 aliphatic heterocycles. The highest BCUT2D eigenvalue weighted by atomic mass is 16.5. The van der Waals surface area contributed by atoms with Gasteiger partial charge in [0.25, 0.3) is 5.56 Å². The highest BCUT2D eigenvalue weighted by Crippen LogP contribution is 2.24. The van der Waals surface area contributed by atoms with Crippen molar-refractivity contribution in [3.05, 3.63) is 106 Å². The second-order valence-corrected chi connectivity index (χ2v) is 9.33. The molecule has 1 saturated heterocycles. The maximum absolute atomic E-state index is 11.9. The summed E-state index contributed by atoms with van der Waals surface area (Å²) in [4.78, 5) is 20.9. The van der Waals surface area contributed by atoms with Crippen molar-refractivity contribution in [3.8, 4) is 17.6 Å². The predicted octanol–water partition coefficient (Wildman–Crippen LogP) is 2.17. The SMILES string of the molecule is C=C[C@H](CO)NCC(Cc1ccc(C#Cc2ccc(CN3CCOCC3)cc2)cc1)c1nc[nH]c(=O)c1O. The lowest BCUT2D eigenvalue weighted by molar-refractivity contribution is 0.0342. The average Bonchev–Trinajstić information content (AvgIpc) is 2.95. The number of nitrogens with zero attached hydrogens (tertiary/aromatic N) is 2. The number of benzene rings is 2. The molecule has 2 heterocycles. The first-order valence-electron chi connectivity index (χ1n) is 12.8. The number of morpholine rings is 1. The number of H-pyrrole nitrogens is 1. The van der Waals surface area contributed by atoms with Crippen LogP contribution in [0.1, 0.15) is 33.9 Å². The Balaban J connectivity index is 1.41. The van der Waals surface area contributed by atoms with Crippen molar-refractivity contribution in [1.82, 2.24) is 20.2 Å². The number of aromatic amines is 1. The number of hydrogen-bond donors (Lipinski definition) is 4. The molecule has 1 aliphatic rings. The monoisotopic (exact) mass is 514 g/mol. The summed E-state index contributed by atoms with van der Waals surface area (Å²) < 4.78 is 5.41. The van der Waals surface area contributed by atoms with Gasteiger partial charge in [-0.25, -0.2) is 4.98 Å². The molecule has 1 fully saturated rings. The van der Waals surface area contributed by atoms with Crippen LogP contribution in [0.5, 0.6) is 5.75 Å². The van der Waals surface area contributed by atoms with E-state index < -0.39 is 11.3 Å². The summed E-state index contributed by atoms with van der Waals surface area (Å²) in [6, 6.07) is 16.0. The standard InChI is InChI=1S/C30H34N4O4/c1-2-27(20-35)31-18-26(28-29(36)30(37)33-21-32-28)17-24-9-5-22(6-10-24)3-4-23-7-11-25(12-8-23)19-34-13-15-38-16-14-34/h2,5-12,21,26-27,31,35-36H,1,13-20H2,(H,32,33,37)/t26?,27-/m1/s1. The van der Waals surface area contributed by atoms with Crippen molar-refractivity contribution in [1.29, 1.82) is 0 Å². The quantitative estimate of drug-likeness (QED) is 0.242. The van der Waals surface area contributed by atoms with Crippen LogP contribution in [0.2, 0.25) is 0 Å². The Morgan fingerprint density at radius 2 is 1.71 bits per heavy atom. The molecule has 0 radical (unpaired) electrons. The molecule has 4 rings (SSSR count). The van der Waals surface area contributed by atoms with Crippen molar-refractivity contribution >= 4 is 0 Å². The van der Waals surface area contributed by atoms with E-state index in [9.17, 15) is 15.0 Å². The first-order valence-corrected chi connectivity index (χ1v) is 12.8. The molecule has 0 bridgehead atoms. The lowest BCUT2D eigenvalue weighted by Crippen LogP contribution is -2.35. The normalized spacial score (nSPS) is 15.3. The Morgan fingerprint density at radius 3 is 2.32 bits per heavy atom. The van der Waals surface area contributed by atoms with Crippen LogP contribution in [0.25, 0.3) is 0 Å². The van der Waals surface area contributed by atoms with Gasteiger partial charge >= 0.3 is 0 Å². The minimum Gasteiger partial charge on any atom is -0.502 e. The van der Waals surface area contributed by atoms with Crippen molar-refractivity contribution in [2.24, 2.45) is 0 Å². The molecule has 2 atom stereocenters. The fourth-order valence-electron chi connectivity index (χ4n) is 4.35. The summed E-state index contributed by atoms with van der Waals surface area (Å²) in [6.45, 7) is 8.45. The minimum atomic E-state index is -0.581. The van der Waals surface area contributed by atoms with Crippen LogP contribution >= 0.6 is 0 Å². The number of aromatic hydroxyl groups is 1. The van der Waals surface area contributed by atoms with E-state index in [1.165, 1.54) is 11.9 Å². The van der Waals surface area contributed by atoms with E-state index in [4.69, 9.17) is 4.74 Å². The first-order chi connectivity index (χ1) is 18.6. The van der Waals surface area contributed by atoms with E-state index >= 15 is 0 Å². The van der Waals surface area contributed by atoms with E-state index in [0.717, 1.165) is 49.5 Å². The first kappa shape index (κ1) is 27.3. The number of aromatic nitrogens is 2. The molecule has 8 heteroatoms. The third-order valence-corrected chi connectivity index (χ3v) is 6.60. The molecule has 1 aromatic heterocycles. The summed E-state index contributed by atoms with van der Waals surface area (Å²) >= 11 is 0. The van der Waals surface area contributed by atoms with Gasteiger partial charge in [-0.1, -0.05) is 42.2 Å². The van der Waals surface area contributed by atoms with Gasteiger partial charge in [-0.05, 0) is 41.8 Å². The fourth-order valence-corrected chi connectivity index (χ4v) is 4.35. The number of ether oxygens (including phenoxy) is 1. The zero-order valence-electron chi connectivity index (χ0n) is 21.4. The average molecular weight is 515 g/mol. The maximum atomic E-state index is 11.9. The van der Waals surface area contributed by atoms with Gasteiger partial charge in [-0.15, -0.1) is 6.58 Å². The molecule has 0 aliphatic carbocycles. The smallest absolute Gasteiger partial charge is 0.293 e. The number of rotatable bonds is 10. The van der Waals surface area contributed by atoms with Crippen LogP contribution in [0.15, 0.2) is 72.3 Å². The van der Waals surface area contributed by atoms with Crippen molar-refractivity contribution in [2.45, 2.75) is 24.9 Å². The summed E-state index contributed by atoms with van der Waals surface area (Å²) in [6.07, 6.45) is 3.44. The highest BCUT2D eigenvalue weighted by molar-refractivity contribution is 5.44. The van der Waals surface area contributed by atoms with E-state index in [1.807, 2.05) is 24.3 Å². The minimum absolute atomic E-state index is 0.102. The van der Waals surface area contributed by atoms with Crippen LogP contribution in [0.3, 0.4) is 0 Å². The van der Waals surface area contributed by atoms with Crippen LogP contribution < -0.4 is 10.9 Å². The topological polar surface area (TPSA) is 111 Å². The summed E-state index contributed by atoms with van der Waals surface area (Å²) in [5, 5.41) is 23.0. The molecule has 198 valence electrons. The van der Waals surface area contributed by atoms with Gasteiger partial charge in [-0.3, -0.25) is 9.69 Å². The molecule has 3 aromatic rings. The highest BCUT2D eigenvalue weighted by Gasteiger charge is 2.20. The molecule has 0 amide bonds. The van der Waals surface area contributed by atoms with Crippen LogP contribution in [-0.2, 0) is 17.7 Å². The Hall–Kier alpha value is -3.74. The second-order valence-electron chi connectivity index (χ2n) is 9.33. The van der Waals surface area contributed by atoms with E-state index in [1.54, 1.807) is 6.08 Å². The zero-order valence-corrected chi connectivity index (χ0v) is 21.4. The Labute approximate surface area is 223 Å². The molecule has 0 saturated carbocycles. The van der Waals surface area contributed by atoms with Crippen molar-refractivity contribution < 1.29 is 14.9 Å². The number of aliphatic hydroxyl groups excluding tert-OH is 1. The third kappa shape index (κ3) is 7.63. The molecule has 2 aromatic carbocycles. The van der Waals surface area contributed by atoms with Gasteiger partial charge in [0.2, 0.25) is 5.75 Å². The molecule has 38 heavy (non-hydrogen) atoms. The van der Waals surface area contributed by atoms with E-state index in [0.29, 0.717) is 18.7 Å². The summed E-state index contributed by atoms with van der Waals surface area (Å²) in [7, 11) is 0. The lowest BCUT2D eigenvalue weighted by Gasteiger charge is -2.26. The molecule has 8 nitrogen and oxygen atoms in total. The third-order valence-electron chi connectivity index (χ3n) is 6.60. The zero-order chi connectivity index (χ0) is 26.7. The lowest BCUT2D eigenvalue weighted by atomic mass is 9.94. The van der Waals surface area contributed by atoms with Gasteiger partial charge in [0.05, 0.1) is 31.8 Å². The Kier molecular flexibility index (Phi) is 9.84. The van der Waals surface area contributed by atoms with Crippen LogP contribution in [0, 0.1) is 11.8 Å². The number of hydrogen-bond acceptors (Lipinski definition) is 7.